The van der Waals surface area contributed by atoms with Crippen LogP contribution in [-0.2, 0) is 4.79 Å². The number of aliphatic carboxylic acids is 1. The Morgan fingerprint density at radius 3 is 2.72 bits per heavy atom. The Labute approximate surface area is 106 Å². The second-order valence-corrected chi connectivity index (χ2v) is 4.39. The Kier molecular flexibility index (Phi) is 4.47. The van der Waals surface area contributed by atoms with E-state index in [1.54, 1.807) is 19.9 Å². The number of hydrogen-bond donors (Lipinski definition) is 2. The molecule has 1 atom stereocenters. The average molecular weight is 253 g/mol. The molecule has 0 saturated heterocycles. The van der Waals surface area contributed by atoms with Gasteiger partial charge in [0.15, 0.2) is 0 Å². The molecular formula is C12H19N3O3. The molecule has 1 heterocycles. The first-order valence-corrected chi connectivity index (χ1v) is 5.82. The molecule has 6 nitrogen and oxygen atoms in total. The molecule has 100 valence electrons. The molecule has 0 aromatic carbocycles. The highest BCUT2D eigenvalue weighted by atomic mass is 16.5. The normalized spacial score (nSPS) is 13.8. The third-order valence-corrected chi connectivity index (χ3v) is 2.65. The van der Waals surface area contributed by atoms with E-state index in [0.717, 1.165) is 6.42 Å². The molecule has 0 bridgehead atoms. The zero-order chi connectivity index (χ0) is 13.8. The molecular weight excluding hydrogens is 234 g/mol. The smallest absolute Gasteiger partial charge is 0.329 e. The van der Waals surface area contributed by atoms with E-state index in [1.807, 2.05) is 6.92 Å². The Morgan fingerprint density at radius 1 is 1.56 bits per heavy atom. The van der Waals surface area contributed by atoms with Crippen molar-refractivity contribution < 1.29 is 14.6 Å². The van der Waals surface area contributed by atoms with Crippen molar-refractivity contribution in [3.05, 3.63) is 11.8 Å². The summed E-state index contributed by atoms with van der Waals surface area (Å²) in [7, 11) is 1.51. The fourth-order valence-electron chi connectivity index (χ4n) is 1.67. The minimum absolute atomic E-state index is 0.269. The van der Waals surface area contributed by atoms with Crippen LogP contribution in [0.2, 0.25) is 0 Å². The number of nitrogens with one attached hydrogen (secondary N) is 1. The molecule has 1 aromatic heterocycles. The number of carbonyl (C=O) groups is 1. The Hall–Kier alpha value is -1.85. The van der Waals surface area contributed by atoms with E-state index in [9.17, 15) is 9.90 Å². The Balaban J connectivity index is 3.00. The van der Waals surface area contributed by atoms with E-state index in [1.165, 1.54) is 7.11 Å². The Morgan fingerprint density at radius 2 is 2.22 bits per heavy atom. The minimum atomic E-state index is -1.08. The van der Waals surface area contributed by atoms with Crippen molar-refractivity contribution in [3.8, 4) is 5.88 Å². The van der Waals surface area contributed by atoms with Gasteiger partial charge in [0.1, 0.15) is 5.54 Å². The summed E-state index contributed by atoms with van der Waals surface area (Å²) < 4.78 is 5.03. The number of anilines is 1. The molecule has 2 N–H and O–H groups in total. The van der Waals surface area contributed by atoms with Gasteiger partial charge in [-0.15, -0.1) is 0 Å². The van der Waals surface area contributed by atoms with Crippen LogP contribution in [0.15, 0.2) is 6.07 Å². The summed E-state index contributed by atoms with van der Waals surface area (Å²) in [5.41, 5.74) is -0.360. The van der Waals surface area contributed by atoms with Gasteiger partial charge in [0.2, 0.25) is 11.8 Å². The summed E-state index contributed by atoms with van der Waals surface area (Å²) in [6, 6.07) is 1.68. The molecule has 6 heteroatoms. The van der Waals surface area contributed by atoms with Crippen LogP contribution >= 0.6 is 0 Å². The molecule has 0 aliphatic carbocycles. The lowest BCUT2D eigenvalue weighted by Gasteiger charge is -2.25. The van der Waals surface area contributed by atoms with Gasteiger partial charge in [-0.2, -0.15) is 4.98 Å². The number of aryl methyl sites for hydroxylation is 1. The highest BCUT2D eigenvalue weighted by Gasteiger charge is 2.32. The van der Waals surface area contributed by atoms with Gasteiger partial charge in [-0.3, -0.25) is 0 Å². The largest absolute Gasteiger partial charge is 0.481 e. The third kappa shape index (κ3) is 3.32. The summed E-state index contributed by atoms with van der Waals surface area (Å²) in [6.45, 7) is 5.35. The molecule has 0 aliphatic rings. The maximum Gasteiger partial charge on any atom is 0.329 e. The number of carboxylic acid groups (broad SMARTS) is 1. The lowest BCUT2D eigenvalue weighted by atomic mass is 9.97. The molecule has 1 rings (SSSR count). The van der Waals surface area contributed by atoms with Crippen LogP contribution in [0.3, 0.4) is 0 Å². The molecule has 0 radical (unpaired) electrons. The summed E-state index contributed by atoms with van der Waals surface area (Å²) in [5, 5.41) is 12.1. The van der Waals surface area contributed by atoms with Crippen molar-refractivity contribution in [1.29, 1.82) is 0 Å². The van der Waals surface area contributed by atoms with Gasteiger partial charge < -0.3 is 15.2 Å². The number of nitrogens with zero attached hydrogens (tertiary/aromatic N) is 2. The average Bonchev–Trinajstić information content (AvgIpc) is 2.28. The van der Waals surface area contributed by atoms with E-state index in [-0.39, 0.29) is 5.95 Å². The zero-order valence-electron chi connectivity index (χ0n) is 11.1. The van der Waals surface area contributed by atoms with Gasteiger partial charge in [-0.05, 0) is 20.3 Å². The van der Waals surface area contributed by atoms with Gasteiger partial charge >= 0.3 is 5.97 Å². The van der Waals surface area contributed by atoms with Gasteiger partial charge in [-0.25, -0.2) is 9.78 Å². The molecule has 0 aliphatic heterocycles. The number of carboxylic acids is 1. The summed E-state index contributed by atoms with van der Waals surface area (Å²) in [5.74, 6) is -0.243. The monoisotopic (exact) mass is 253 g/mol. The number of ether oxygens (including phenoxy) is 1. The maximum absolute atomic E-state index is 11.3. The fraction of sp³-hybridized carbons (Fsp3) is 0.583. The van der Waals surface area contributed by atoms with Crippen molar-refractivity contribution in [1.82, 2.24) is 9.97 Å². The lowest BCUT2D eigenvalue weighted by molar-refractivity contribution is -0.142. The standard InChI is InChI=1S/C12H19N3O3/c1-5-6-12(3,10(16)17)15-11-13-8(2)7-9(14-11)18-4/h7H,5-6H2,1-4H3,(H,16,17)(H,13,14,15). The van der Waals surface area contributed by atoms with E-state index in [0.29, 0.717) is 18.0 Å². The van der Waals surface area contributed by atoms with Gasteiger partial charge in [-0.1, -0.05) is 13.3 Å². The van der Waals surface area contributed by atoms with E-state index in [2.05, 4.69) is 15.3 Å². The highest BCUT2D eigenvalue weighted by molar-refractivity contribution is 5.81. The van der Waals surface area contributed by atoms with E-state index < -0.39 is 11.5 Å². The van der Waals surface area contributed by atoms with Crippen molar-refractivity contribution in [2.75, 3.05) is 12.4 Å². The van der Waals surface area contributed by atoms with Crippen LogP contribution < -0.4 is 10.1 Å². The minimum Gasteiger partial charge on any atom is -0.481 e. The van der Waals surface area contributed by atoms with Gasteiger partial charge in [0.05, 0.1) is 7.11 Å². The van der Waals surface area contributed by atoms with Crippen LogP contribution in [0.5, 0.6) is 5.88 Å². The summed E-state index contributed by atoms with van der Waals surface area (Å²) in [6.07, 6.45) is 1.24. The molecule has 1 unspecified atom stereocenters. The van der Waals surface area contributed by atoms with Crippen LogP contribution in [0.1, 0.15) is 32.4 Å². The van der Waals surface area contributed by atoms with Crippen LogP contribution in [0.4, 0.5) is 5.95 Å². The molecule has 18 heavy (non-hydrogen) atoms. The second-order valence-electron chi connectivity index (χ2n) is 4.39. The second kappa shape index (κ2) is 5.66. The van der Waals surface area contributed by atoms with Crippen molar-refractivity contribution >= 4 is 11.9 Å². The molecule has 0 spiro atoms. The number of rotatable bonds is 6. The van der Waals surface area contributed by atoms with Crippen molar-refractivity contribution in [3.63, 3.8) is 0 Å². The number of hydrogen-bond acceptors (Lipinski definition) is 5. The van der Waals surface area contributed by atoms with Crippen molar-refractivity contribution in [2.45, 2.75) is 39.2 Å². The fourth-order valence-corrected chi connectivity index (χ4v) is 1.67. The Bertz CT molecular complexity index is 437. The predicted octanol–water partition coefficient (Wildman–Crippen LogP) is 1.85. The first kappa shape index (κ1) is 14.2. The molecule has 0 amide bonds. The van der Waals surface area contributed by atoms with Crippen LogP contribution in [0.25, 0.3) is 0 Å². The predicted molar refractivity (Wildman–Crippen MR) is 67.9 cm³/mol. The summed E-state index contributed by atoms with van der Waals surface area (Å²) in [4.78, 5) is 19.6. The van der Waals surface area contributed by atoms with Crippen molar-refractivity contribution in [2.24, 2.45) is 0 Å². The van der Waals surface area contributed by atoms with Crippen LogP contribution in [-0.4, -0.2) is 33.7 Å². The van der Waals surface area contributed by atoms with Gasteiger partial charge in [0.25, 0.3) is 0 Å². The molecule has 0 saturated carbocycles. The summed E-state index contributed by atoms with van der Waals surface area (Å²) >= 11 is 0. The SMILES string of the molecule is CCCC(C)(Nc1nc(C)cc(OC)n1)C(=O)O. The highest BCUT2D eigenvalue weighted by Crippen LogP contribution is 2.20. The number of methoxy groups -OCH3 is 1. The maximum atomic E-state index is 11.3. The molecule has 0 fully saturated rings. The van der Waals surface area contributed by atoms with E-state index >= 15 is 0 Å². The zero-order valence-corrected chi connectivity index (χ0v) is 11.1. The third-order valence-electron chi connectivity index (χ3n) is 2.65. The number of aromatic nitrogens is 2. The quantitative estimate of drug-likeness (QED) is 0.804. The lowest BCUT2D eigenvalue weighted by Crippen LogP contribution is -2.43. The topological polar surface area (TPSA) is 84.3 Å². The first-order valence-electron chi connectivity index (χ1n) is 5.82. The molecule has 1 aromatic rings. The van der Waals surface area contributed by atoms with Crippen LogP contribution in [0, 0.1) is 6.92 Å². The van der Waals surface area contributed by atoms with Gasteiger partial charge in [0, 0.05) is 11.8 Å². The van der Waals surface area contributed by atoms with E-state index in [4.69, 9.17) is 4.74 Å². The first-order chi connectivity index (χ1) is 8.41.